The Labute approximate surface area is 196 Å². The summed E-state index contributed by atoms with van der Waals surface area (Å²) in [5.41, 5.74) is 2.09. The molecule has 33 heavy (non-hydrogen) atoms. The predicted octanol–water partition coefficient (Wildman–Crippen LogP) is 4.42. The van der Waals surface area contributed by atoms with E-state index in [4.69, 9.17) is 14.7 Å². The van der Waals surface area contributed by atoms with E-state index in [0.29, 0.717) is 23.5 Å². The first-order valence-electron chi connectivity index (χ1n) is 11.8. The van der Waals surface area contributed by atoms with Crippen LogP contribution in [-0.2, 0) is 6.54 Å². The Morgan fingerprint density at radius 3 is 2.45 bits per heavy atom. The fraction of sp³-hybridized carbons (Fsp3) is 0.462. The summed E-state index contributed by atoms with van der Waals surface area (Å²) in [6, 6.07) is 13.7. The minimum absolute atomic E-state index is 0.181. The standard InChI is InChI=1S/C26H35N5O2/c1-31(2)25-21-6-4-5-7-22(21)29-26(30-25)28-17-19-10-8-18(9-11-19)15-27-16-20-12-13-23(32)24(14-20)33-3/h4-7,12-14,18-19,27,32H,8-11,15-17H2,1-3H3,(H,28,29,30). The number of ether oxygens (including phenoxy) is 1. The second-order valence-corrected chi connectivity index (χ2v) is 9.19. The van der Waals surface area contributed by atoms with Crippen LogP contribution in [0.25, 0.3) is 10.9 Å². The van der Waals surface area contributed by atoms with Gasteiger partial charge in [-0.1, -0.05) is 18.2 Å². The molecule has 1 heterocycles. The topological polar surface area (TPSA) is 82.5 Å². The van der Waals surface area contributed by atoms with Gasteiger partial charge in [0.1, 0.15) is 5.82 Å². The van der Waals surface area contributed by atoms with Crippen LogP contribution in [-0.4, -0.2) is 49.4 Å². The molecule has 0 spiro atoms. The van der Waals surface area contributed by atoms with Gasteiger partial charge in [0.05, 0.1) is 12.6 Å². The number of fused-ring (bicyclic) bond motifs is 1. The molecule has 7 heteroatoms. The van der Waals surface area contributed by atoms with Crippen molar-refractivity contribution in [1.82, 2.24) is 15.3 Å². The molecule has 1 saturated carbocycles. The van der Waals surface area contributed by atoms with Crippen molar-refractivity contribution in [3.63, 3.8) is 0 Å². The number of methoxy groups -OCH3 is 1. The molecule has 1 fully saturated rings. The molecule has 176 valence electrons. The van der Waals surface area contributed by atoms with E-state index < -0.39 is 0 Å². The zero-order valence-corrected chi connectivity index (χ0v) is 19.8. The van der Waals surface area contributed by atoms with Crippen LogP contribution in [0.4, 0.5) is 11.8 Å². The third-order valence-electron chi connectivity index (χ3n) is 6.53. The summed E-state index contributed by atoms with van der Waals surface area (Å²) in [4.78, 5) is 11.5. The highest BCUT2D eigenvalue weighted by Gasteiger charge is 2.21. The van der Waals surface area contributed by atoms with E-state index in [1.165, 1.54) is 25.7 Å². The maximum absolute atomic E-state index is 9.73. The van der Waals surface area contributed by atoms with Crippen LogP contribution in [0.1, 0.15) is 31.2 Å². The second-order valence-electron chi connectivity index (χ2n) is 9.19. The average molecular weight is 450 g/mol. The number of para-hydroxylation sites is 1. The number of anilines is 2. The Balaban J connectivity index is 1.23. The molecule has 0 radical (unpaired) electrons. The van der Waals surface area contributed by atoms with E-state index in [1.54, 1.807) is 13.2 Å². The average Bonchev–Trinajstić information content (AvgIpc) is 2.84. The molecule has 0 saturated heterocycles. The lowest BCUT2D eigenvalue weighted by Gasteiger charge is -2.29. The van der Waals surface area contributed by atoms with Crippen molar-refractivity contribution in [1.29, 1.82) is 0 Å². The van der Waals surface area contributed by atoms with Gasteiger partial charge in [0.15, 0.2) is 11.5 Å². The van der Waals surface area contributed by atoms with Crippen LogP contribution in [0.3, 0.4) is 0 Å². The Bertz CT molecular complexity index is 1060. The molecule has 0 aliphatic heterocycles. The first kappa shape index (κ1) is 23.1. The van der Waals surface area contributed by atoms with E-state index in [-0.39, 0.29) is 5.75 Å². The third kappa shape index (κ3) is 5.85. The van der Waals surface area contributed by atoms with Gasteiger partial charge >= 0.3 is 0 Å². The molecule has 1 aromatic heterocycles. The molecule has 1 aliphatic rings. The summed E-state index contributed by atoms with van der Waals surface area (Å²) in [7, 11) is 5.62. The normalized spacial score (nSPS) is 18.3. The van der Waals surface area contributed by atoms with Crippen molar-refractivity contribution in [2.45, 2.75) is 32.2 Å². The zero-order chi connectivity index (χ0) is 23.2. The molecule has 0 unspecified atom stereocenters. The SMILES string of the molecule is COc1cc(CNCC2CCC(CNc3nc(N(C)C)c4ccccc4n3)CC2)ccc1O. The van der Waals surface area contributed by atoms with Crippen molar-refractivity contribution in [2.75, 3.05) is 44.5 Å². The highest BCUT2D eigenvalue weighted by atomic mass is 16.5. The van der Waals surface area contributed by atoms with Crippen LogP contribution in [0.15, 0.2) is 42.5 Å². The number of nitrogens with one attached hydrogen (secondary N) is 2. The van der Waals surface area contributed by atoms with Crippen LogP contribution in [0.5, 0.6) is 11.5 Å². The van der Waals surface area contributed by atoms with Crippen LogP contribution in [0.2, 0.25) is 0 Å². The lowest BCUT2D eigenvalue weighted by atomic mass is 9.82. The summed E-state index contributed by atoms with van der Waals surface area (Å²) >= 11 is 0. The van der Waals surface area contributed by atoms with Crippen molar-refractivity contribution < 1.29 is 9.84 Å². The second kappa shape index (κ2) is 10.7. The Morgan fingerprint density at radius 1 is 1.00 bits per heavy atom. The summed E-state index contributed by atoms with van der Waals surface area (Å²) < 4.78 is 5.19. The maximum Gasteiger partial charge on any atom is 0.225 e. The minimum Gasteiger partial charge on any atom is -0.504 e. The fourth-order valence-electron chi connectivity index (χ4n) is 4.61. The molecule has 3 N–H and O–H groups in total. The van der Waals surface area contributed by atoms with Crippen molar-refractivity contribution in [3.8, 4) is 11.5 Å². The van der Waals surface area contributed by atoms with Gasteiger partial charge in [0.2, 0.25) is 5.95 Å². The molecule has 1 aliphatic carbocycles. The molecule has 0 amide bonds. The van der Waals surface area contributed by atoms with Gasteiger partial charge in [-0.05, 0) is 73.9 Å². The van der Waals surface area contributed by atoms with Crippen molar-refractivity contribution in [2.24, 2.45) is 11.8 Å². The summed E-state index contributed by atoms with van der Waals surface area (Å²) in [6.45, 7) is 2.72. The van der Waals surface area contributed by atoms with Crippen molar-refractivity contribution >= 4 is 22.7 Å². The fourth-order valence-corrected chi connectivity index (χ4v) is 4.61. The monoisotopic (exact) mass is 449 g/mol. The Kier molecular flexibility index (Phi) is 7.50. The quantitative estimate of drug-likeness (QED) is 0.446. The lowest BCUT2D eigenvalue weighted by molar-refractivity contribution is 0.275. The van der Waals surface area contributed by atoms with Crippen LogP contribution in [0, 0.1) is 11.8 Å². The van der Waals surface area contributed by atoms with Gasteiger partial charge in [0.25, 0.3) is 0 Å². The third-order valence-corrected chi connectivity index (χ3v) is 6.53. The van der Waals surface area contributed by atoms with Gasteiger partial charge in [0, 0.05) is 32.6 Å². The number of phenols is 1. The van der Waals surface area contributed by atoms with Crippen molar-refractivity contribution in [3.05, 3.63) is 48.0 Å². The zero-order valence-electron chi connectivity index (χ0n) is 19.8. The Hall–Kier alpha value is -3.06. The predicted molar refractivity (Wildman–Crippen MR) is 134 cm³/mol. The lowest BCUT2D eigenvalue weighted by Crippen LogP contribution is -2.28. The summed E-state index contributed by atoms with van der Waals surface area (Å²) in [5.74, 6) is 3.73. The molecule has 7 nitrogen and oxygen atoms in total. The van der Waals surface area contributed by atoms with Gasteiger partial charge < -0.3 is 25.4 Å². The number of nitrogens with zero attached hydrogens (tertiary/aromatic N) is 3. The summed E-state index contributed by atoms with van der Waals surface area (Å²) in [6.07, 6.45) is 4.92. The van der Waals surface area contributed by atoms with E-state index in [2.05, 4.69) is 16.7 Å². The maximum atomic E-state index is 9.73. The molecular formula is C26H35N5O2. The molecular weight excluding hydrogens is 414 g/mol. The molecule has 0 bridgehead atoms. The number of phenolic OH excluding ortho intramolecular Hbond substituents is 1. The number of rotatable bonds is 9. The molecule has 2 aromatic carbocycles. The van der Waals surface area contributed by atoms with Crippen LogP contribution < -0.4 is 20.3 Å². The van der Waals surface area contributed by atoms with Gasteiger partial charge in [-0.15, -0.1) is 0 Å². The van der Waals surface area contributed by atoms with E-state index >= 15 is 0 Å². The van der Waals surface area contributed by atoms with E-state index in [1.807, 2.05) is 49.3 Å². The smallest absolute Gasteiger partial charge is 0.225 e. The van der Waals surface area contributed by atoms with E-state index in [9.17, 15) is 5.11 Å². The van der Waals surface area contributed by atoms with Crippen LogP contribution >= 0.6 is 0 Å². The minimum atomic E-state index is 0.181. The Morgan fingerprint density at radius 2 is 1.73 bits per heavy atom. The number of benzene rings is 2. The number of aromatic nitrogens is 2. The number of hydrogen-bond acceptors (Lipinski definition) is 7. The van der Waals surface area contributed by atoms with E-state index in [0.717, 1.165) is 41.9 Å². The van der Waals surface area contributed by atoms with Gasteiger partial charge in [-0.3, -0.25) is 0 Å². The van der Waals surface area contributed by atoms with Gasteiger partial charge in [-0.25, -0.2) is 4.98 Å². The first-order chi connectivity index (χ1) is 16.0. The highest BCUT2D eigenvalue weighted by molar-refractivity contribution is 5.90. The largest absolute Gasteiger partial charge is 0.504 e. The summed E-state index contributed by atoms with van der Waals surface area (Å²) in [5, 5.41) is 17.9. The number of aromatic hydroxyl groups is 1. The molecule has 3 aromatic rings. The molecule has 0 atom stereocenters. The molecule has 4 rings (SSSR count). The number of hydrogen-bond donors (Lipinski definition) is 3. The highest BCUT2D eigenvalue weighted by Crippen LogP contribution is 2.30. The first-order valence-corrected chi connectivity index (χ1v) is 11.8. The van der Waals surface area contributed by atoms with Gasteiger partial charge in [-0.2, -0.15) is 4.98 Å².